The van der Waals surface area contributed by atoms with Gasteiger partial charge in [0.2, 0.25) is 0 Å². The van der Waals surface area contributed by atoms with Crippen LogP contribution >= 0.6 is 11.6 Å². The monoisotopic (exact) mass is 638 g/mol. The van der Waals surface area contributed by atoms with E-state index in [0.29, 0.717) is 47.0 Å². The van der Waals surface area contributed by atoms with E-state index in [0.717, 1.165) is 43.5 Å². The zero-order valence-corrected chi connectivity index (χ0v) is 27.1. The van der Waals surface area contributed by atoms with Crippen molar-refractivity contribution in [3.63, 3.8) is 0 Å². The lowest BCUT2D eigenvalue weighted by atomic mass is 9.89. The van der Waals surface area contributed by atoms with Crippen LogP contribution in [-0.2, 0) is 16.1 Å². The van der Waals surface area contributed by atoms with E-state index >= 15 is 0 Å². The third kappa shape index (κ3) is 9.68. The first-order valence-electron chi connectivity index (χ1n) is 15.7. The molecule has 11 heteroatoms. The first kappa shape index (κ1) is 34.7. The second kappa shape index (κ2) is 17.5. The molecule has 0 aromatic heterocycles. The molecule has 0 radical (unpaired) electrons. The molecule has 2 aromatic rings. The molecular weight excluding hydrogens is 592 g/mol. The first-order chi connectivity index (χ1) is 21.8. The molecule has 1 unspecified atom stereocenters. The zero-order chi connectivity index (χ0) is 32.2. The summed E-state index contributed by atoms with van der Waals surface area (Å²) in [6.07, 6.45) is 6.71. The fourth-order valence-electron chi connectivity index (χ4n) is 5.89. The highest BCUT2D eigenvalue weighted by Gasteiger charge is 2.27. The van der Waals surface area contributed by atoms with Crippen LogP contribution in [0.5, 0.6) is 0 Å². The van der Waals surface area contributed by atoms with Crippen molar-refractivity contribution in [2.75, 3.05) is 60.2 Å². The maximum Gasteiger partial charge on any atom is 0.254 e. The van der Waals surface area contributed by atoms with Crippen molar-refractivity contribution < 1.29 is 19.4 Å². The molecule has 2 saturated heterocycles. The van der Waals surface area contributed by atoms with E-state index in [4.69, 9.17) is 22.1 Å². The molecular formula is C34H47ClN6O4. The lowest BCUT2D eigenvalue weighted by Crippen LogP contribution is -2.34. The number of aldehydes is 1. The number of likely N-dealkylation sites (N-methyl/N-ethyl adjacent to an activating group) is 1. The minimum Gasteiger partial charge on any atom is -0.397 e. The van der Waals surface area contributed by atoms with Gasteiger partial charge in [0, 0.05) is 37.6 Å². The zero-order valence-electron chi connectivity index (χ0n) is 26.4. The Balaban J connectivity index is 0.000000222. The van der Waals surface area contributed by atoms with Crippen molar-refractivity contribution in [2.45, 2.75) is 50.2 Å². The summed E-state index contributed by atoms with van der Waals surface area (Å²) in [6, 6.07) is 14.6. The van der Waals surface area contributed by atoms with Crippen molar-refractivity contribution in [2.24, 2.45) is 10.7 Å². The number of carbonyl (C=O) groups excluding carboxylic acids is 2. The second-order valence-electron chi connectivity index (χ2n) is 11.8. The highest BCUT2D eigenvalue weighted by atomic mass is 35.5. The Kier molecular flexibility index (Phi) is 13.5. The van der Waals surface area contributed by atoms with Crippen LogP contribution in [0.1, 0.15) is 70.3 Å². The van der Waals surface area contributed by atoms with Crippen molar-refractivity contribution in [3.8, 4) is 0 Å². The molecule has 1 amide bonds. The van der Waals surface area contributed by atoms with Gasteiger partial charge in [-0.15, -0.1) is 0 Å². The van der Waals surface area contributed by atoms with Crippen LogP contribution < -0.4 is 16.4 Å². The number of aliphatic hydroxyl groups excluding tert-OH is 1. The average Bonchev–Trinajstić information content (AvgIpc) is 3.39. The molecule has 0 spiro atoms. The topological polar surface area (TPSA) is 133 Å². The Hall–Kier alpha value is -3.12. The molecule has 3 aliphatic rings. The molecule has 0 saturated carbocycles. The molecule has 2 aromatic carbocycles. The number of amides is 1. The van der Waals surface area contributed by atoms with Gasteiger partial charge in [0.05, 0.1) is 36.6 Å². The molecule has 45 heavy (non-hydrogen) atoms. The third-order valence-electron chi connectivity index (χ3n) is 8.81. The van der Waals surface area contributed by atoms with Crippen molar-refractivity contribution >= 4 is 35.7 Å². The maximum atomic E-state index is 12.3. The molecule has 10 nitrogen and oxygen atoms in total. The number of nitrogens with zero attached hydrogens (tertiary/aromatic N) is 3. The summed E-state index contributed by atoms with van der Waals surface area (Å²) in [7, 11) is 4.07. The SMILES string of the molecule is CNC(CO)c1ccc(C2CCN(C)CC2)cc1.N/C(=C(Cl)\C=N/CNC1CCOCC1)c1ccc2c(c1)C(=O)N(CC=O)C2. The number of benzene rings is 2. The molecule has 3 heterocycles. The van der Waals surface area contributed by atoms with Crippen molar-refractivity contribution in [1.82, 2.24) is 20.4 Å². The summed E-state index contributed by atoms with van der Waals surface area (Å²) in [6.45, 7) is 5.06. The predicted molar refractivity (Wildman–Crippen MR) is 179 cm³/mol. The summed E-state index contributed by atoms with van der Waals surface area (Å²) in [4.78, 5) is 31.2. The molecule has 1 atom stereocenters. The molecule has 244 valence electrons. The van der Waals surface area contributed by atoms with Crippen molar-refractivity contribution in [1.29, 1.82) is 0 Å². The second-order valence-corrected chi connectivity index (χ2v) is 12.2. The van der Waals surface area contributed by atoms with Crippen LogP contribution in [0.4, 0.5) is 0 Å². The van der Waals surface area contributed by atoms with E-state index in [1.165, 1.54) is 42.6 Å². The van der Waals surface area contributed by atoms with Gasteiger partial charge in [0.1, 0.15) is 6.29 Å². The summed E-state index contributed by atoms with van der Waals surface area (Å²) in [5.41, 5.74) is 11.2. The van der Waals surface area contributed by atoms with E-state index in [9.17, 15) is 14.7 Å². The molecule has 0 bridgehead atoms. The van der Waals surface area contributed by atoms with Crippen LogP contribution in [-0.4, -0.2) is 99.6 Å². The largest absolute Gasteiger partial charge is 0.397 e. The average molecular weight is 639 g/mol. The molecule has 2 fully saturated rings. The molecule has 5 N–H and O–H groups in total. The lowest BCUT2D eigenvalue weighted by molar-refractivity contribution is -0.108. The van der Waals surface area contributed by atoms with E-state index in [1.54, 1.807) is 6.07 Å². The van der Waals surface area contributed by atoms with Gasteiger partial charge >= 0.3 is 0 Å². The Labute approximate surface area is 271 Å². The molecule has 3 aliphatic heterocycles. The van der Waals surface area contributed by atoms with E-state index in [1.807, 2.05) is 19.2 Å². The van der Waals surface area contributed by atoms with Gasteiger partial charge in [-0.05, 0) is 87.1 Å². The number of nitrogens with two attached hydrogens (primary N) is 1. The van der Waals surface area contributed by atoms with Crippen LogP contribution in [0.2, 0.25) is 0 Å². The van der Waals surface area contributed by atoms with E-state index in [-0.39, 0.29) is 25.1 Å². The van der Waals surface area contributed by atoms with Gasteiger partial charge in [-0.25, -0.2) is 0 Å². The van der Waals surface area contributed by atoms with Crippen LogP contribution in [0, 0.1) is 0 Å². The van der Waals surface area contributed by atoms with E-state index in [2.05, 4.69) is 51.8 Å². The van der Waals surface area contributed by atoms with Crippen LogP contribution in [0.3, 0.4) is 0 Å². The number of likely N-dealkylation sites (tertiary alicyclic amines) is 1. The Bertz CT molecular complexity index is 1320. The number of nitrogens with one attached hydrogen (secondary N) is 2. The Morgan fingerprint density at radius 1 is 1.16 bits per heavy atom. The summed E-state index contributed by atoms with van der Waals surface area (Å²) >= 11 is 6.27. The standard InChI is InChI=1S/C19H23ClN4O3.C15H24N2O/c20-17(10-22-12-23-15-3-7-27-8-4-15)18(21)13-1-2-14-11-24(5-6-25)19(26)16(14)9-13;1-16-15(11-18)14-5-3-12(4-6-14)13-7-9-17(2)10-8-13/h1-2,6,9-10,15,23H,3-5,7-8,11-12,21H2;3-6,13,15-16,18H,7-11H2,1-2H3/b18-17+,22-10-;. The number of carbonyl (C=O) groups is 2. The first-order valence-corrected chi connectivity index (χ1v) is 16.1. The number of aliphatic hydroxyl groups is 1. The van der Waals surface area contributed by atoms with Gasteiger partial charge in [-0.2, -0.15) is 0 Å². The maximum absolute atomic E-state index is 12.3. The number of aliphatic imine (C=N–C) groups is 1. The smallest absolute Gasteiger partial charge is 0.254 e. The van der Waals surface area contributed by atoms with Gasteiger partial charge in [0.25, 0.3) is 5.91 Å². The minimum absolute atomic E-state index is 0.0524. The summed E-state index contributed by atoms with van der Waals surface area (Å²) in [5, 5.41) is 16.0. The highest BCUT2D eigenvalue weighted by molar-refractivity contribution is 6.42. The normalized spacial score (nSPS) is 19.2. The van der Waals surface area contributed by atoms with Gasteiger partial charge < -0.3 is 35.5 Å². The van der Waals surface area contributed by atoms with Gasteiger partial charge in [-0.1, -0.05) is 48.0 Å². The number of hydrogen-bond donors (Lipinski definition) is 4. The lowest BCUT2D eigenvalue weighted by Gasteiger charge is -2.29. The fraction of sp³-hybridized carbons (Fsp3) is 0.500. The molecule has 0 aliphatic carbocycles. The molecule has 5 rings (SSSR count). The van der Waals surface area contributed by atoms with Crippen LogP contribution in [0.25, 0.3) is 5.70 Å². The van der Waals surface area contributed by atoms with E-state index < -0.39 is 0 Å². The fourth-order valence-corrected chi connectivity index (χ4v) is 6.07. The highest BCUT2D eigenvalue weighted by Crippen LogP contribution is 2.29. The third-order valence-corrected chi connectivity index (χ3v) is 9.11. The summed E-state index contributed by atoms with van der Waals surface area (Å²) < 4.78 is 5.32. The Morgan fingerprint density at radius 2 is 1.87 bits per heavy atom. The number of allylic oxidation sites excluding steroid dienone is 1. The number of piperidine rings is 1. The minimum atomic E-state index is -0.169. The van der Waals surface area contributed by atoms with Gasteiger partial charge in [0.15, 0.2) is 0 Å². The quantitative estimate of drug-likeness (QED) is 0.218. The number of rotatable bonds is 11. The predicted octanol–water partition coefficient (Wildman–Crippen LogP) is 3.25. The number of halogens is 1. The van der Waals surface area contributed by atoms with Crippen LogP contribution in [0.15, 0.2) is 52.5 Å². The summed E-state index contributed by atoms with van der Waals surface area (Å²) in [5.74, 6) is 0.537. The van der Waals surface area contributed by atoms with Crippen molar-refractivity contribution in [3.05, 3.63) is 75.3 Å². The number of fused-ring (bicyclic) bond motifs is 1. The number of ether oxygens (including phenoxy) is 1. The van der Waals surface area contributed by atoms with Gasteiger partial charge in [-0.3, -0.25) is 15.1 Å². The number of hydrogen-bond acceptors (Lipinski definition) is 9. The Morgan fingerprint density at radius 3 is 2.51 bits per heavy atom.